The first-order chi connectivity index (χ1) is 13.4. The topological polar surface area (TPSA) is 114 Å². The van der Waals surface area contributed by atoms with Crippen molar-refractivity contribution in [3.63, 3.8) is 0 Å². The third-order valence-electron chi connectivity index (χ3n) is 3.49. The fourth-order valence-electron chi connectivity index (χ4n) is 2.30. The van der Waals surface area contributed by atoms with Gasteiger partial charge < -0.3 is 20.7 Å². The van der Waals surface area contributed by atoms with Crippen molar-refractivity contribution in [3.8, 4) is 0 Å². The number of benzene rings is 2. The first-order valence-electron chi connectivity index (χ1n) is 8.62. The van der Waals surface area contributed by atoms with E-state index >= 15 is 0 Å². The maximum Gasteiger partial charge on any atom is 0.338 e. The minimum atomic E-state index is -0.490. The molecule has 8 nitrogen and oxygen atoms in total. The zero-order valence-electron chi connectivity index (χ0n) is 15.6. The monoisotopic (exact) mass is 383 g/mol. The molecule has 0 saturated carbocycles. The van der Waals surface area contributed by atoms with E-state index in [1.807, 2.05) is 0 Å². The Morgan fingerprint density at radius 1 is 0.750 bits per heavy atom. The van der Waals surface area contributed by atoms with Crippen LogP contribution < -0.4 is 16.0 Å². The van der Waals surface area contributed by atoms with Crippen molar-refractivity contribution < 1.29 is 23.9 Å². The van der Waals surface area contributed by atoms with Crippen molar-refractivity contribution in [2.75, 3.05) is 22.6 Å². The summed E-state index contributed by atoms with van der Waals surface area (Å²) in [6.45, 7) is 3.40. The molecule has 0 spiro atoms. The molecule has 0 radical (unpaired) electrons. The van der Waals surface area contributed by atoms with Crippen molar-refractivity contribution in [2.24, 2.45) is 0 Å². The summed E-state index contributed by atoms with van der Waals surface area (Å²) in [5.74, 6) is -1.60. The minimum absolute atomic E-state index is 0.191. The van der Waals surface area contributed by atoms with Crippen LogP contribution in [0.25, 0.3) is 0 Å². The Labute approximate surface area is 162 Å². The van der Waals surface area contributed by atoms with Crippen LogP contribution in [0, 0.1) is 0 Å². The molecule has 0 heterocycles. The average molecular weight is 383 g/mol. The van der Waals surface area contributed by atoms with Gasteiger partial charge in [-0.2, -0.15) is 0 Å². The SMILES string of the molecule is CCOC(=O)c1ccc(NC(=O)CC(=O)Nc2ccc(NC(C)=O)cc2)cc1. The number of esters is 1. The summed E-state index contributed by atoms with van der Waals surface area (Å²) in [6.07, 6.45) is -0.368. The van der Waals surface area contributed by atoms with Gasteiger partial charge in [-0.05, 0) is 55.5 Å². The molecule has 0 aliphatic heterocycles. The Balaban J connectivity index is 1.84. The van der Waals surface area contributed by atoms with Gasteiger partial charge >= 0.3 is 5.97 Å². The molecule has 0 bridgehead atoms. The highest BCUT2D eigenvalue weighted by Gasteiger charge is 2.11. The summed E-state index contributed by atoms with van der Waals surface area (Å²) in [4.78, 5) is 46.6. The Hall–Kier alpha value is -3.68. The molecule has 0 saturated heterocycles. The van der Waals surface area contributed by atoms with Crippen molar-refractivity contribution in [3.05, 3.63) is 54.1 Å². The van der Waals surface area contributed by atoms with E-state index in [9.17, 15) is 19.2 Å². The molecule has 2 aromatic rings. The second kappa shape index (κ2) is 9.86. The van der Waals surface area contributed by atoms with Gasteiger partial charge in [0.15, 0.2) is 0 Å². The van der Waals surface area contributed by atoms with Gasteiger partial charge in [0.2, 0.25) is 17.7 Å². The number of nitrogens with one attached hydrogen (secondary N) is 3. The van der Waals surface area contributed by atoms with Crippen LogP contribution in [0.3, 0.4) is 0 Å². The van der Waals surface area contributed by atoms with E-state index < -0.39 is 17.8 Å². The predicted molar refractivity (Wildman–Crippen MR) is 105 cm³/mol. The van der Waals surface area contributed by atoms with E-state index in [1.54, 1.807) is 43.3 Å². The van der Waals surface area contributed by atoms with Gasteiger partial charge in [-0.15, -0.1) is 0 Å². The highest BCUT2D eigenvalue weighted by molar-refractivity contribution is 6.08. The predicted octanol–water partition coefficient (Wildman–Crippen LogP) is 2.79. The summed E-state index contributed by atoms with van der Waals surface area (Å²) in [5.41, 5.74) is 1.95. The summed E-state index contributed by atoms with van der Waals surface area (Å²) in [6, 6.07) is 12.7. The molecule has 8 heteroatoms. The van der Waals surface area contributed by atoms with Crippen LogP contribution in [-0.2, 0) is 19.1 Å². The number of anilines is 3. The van der Waals surface area contributed by atoms with Crippen LogP contribution in [-0.4, -0.2) is 30.3 Å². The van der Waals surface area contributed by atoms with Gasteiger partial charge in [-0.25, -0.2) is 4.79 Å². The molecule has 0 fully saturated rings. The van der Waals surface area contributed by atoms with Gasteiger partial charge in [0.05, 0.1) is 12.2 Å². The largest absolute Gasteiger partial charge is 0.462 e. The molecule has 0 aliphatic rings. The normalized spacial score (nSPS) is 9.93. The Bertz CT molecular complexity index is 860. The molecule has 2 aromatic carbocycles. The first kappa shape index (κ1) is 20.6. The molecular formula is C20H21N3O5. The number of hydrogen-bond acceptors (Lipinski definition) is 5. The van der Waals surface area contributed by atoms with Gasteiger partial charge in [-0.3, -0.25) is 14.4 Å². The van der Waals surface area contributed by atoms with Crippen LogP contribution in [0.1, 0.15) is 30.6 Å². The Morgan fingerprint density at radius 3 is 1.61 bits per heavy atom. The number of amides is 3. The molecule has 3 N–H and O–H groups in total. The molecule has 0 atom stereocenters. The van der Waals surface area contributed by atoms with Crippen LogP contribution in [0.2, 0.25) is 0 Å². The maximum atomic E-state index is 12.0. The lowest BCUT2D eigenvalue weighted by Gasteiger charge is -2.08. The van der Waals surface area contributed by atoms with E-state index in [0.717, 1.165) is 0 Å². The van der Waals surface area contributed by atoms with Crippen LogP contribution in [0.15, 0.2) is 48.5 Å². The van der Waals surface area contributed by atoms with Gasteiger partial charge in [0, 0.05) is 24.0 Å². The molecule has 2 rings (SSSR count). The van der Waals surface area contributed by atoms with E-state index in [-0.39, 0.29) is 18.9 Å². The van der Waals surface area contributed by atoms with Crippen molar-refractivity contribution in [1.82, 2.24) is 0 Å². The zero-order valence-corrected chi connectivity index (χ0v) is 15.6. The maximum absolute atomic E-state index is 12.0. The fourth-order valence-corrected chi connectivity index (χ4v) is 2.30. The van der Waals surface area contributed by atoms with E-state index in [4.69, 9.17) is 4.74 Å². The van der Waals surface area contributed by atoms with Gasteiger partial charge in [0.1, 0.15) is 6.42 Å². The highest BCUT2D eigenvalue weighted by Crippen LogP contribution is 2.14. The number of hydrogen-bond donors (Lipinski definition) is 3. The summed E-state index contributed by atoms with van der Waals surface area (Å²) < 4.78 is 4.88. The molecule has 0 unspecified atom stereocenters. The second-order valence-electron chi connectivity index (χ2n) is 5.83. The summed E-state index contributed by atoms with van der Waals surface area (Å²) in [7, 11) is 0. The smallest absolute Gasteiger partial charge is 0.338 e. The summed E-state index contributed by atoms with van der Waals surface area (Å²) in [5, 5.41) is 7.81. The standard InChI is InChI=1S/C20H21N3O5/c1-3-28-20(27)14-4-6-16(7-5-14)22-18(25)12-19(26)23-17-10-8-15(9-11-17)21-13(2)24/h4-11H,3,12H2,1-2H3,(H,21,24)(H,22,25)(H,23,26). The lowest BCUT2D eigenvalue weighted by Crippen LogP contribution is -2.21. The molecular weight excluding hydrogens is 362 g/mol. The molecule has 0 aliphatic carbocycles. The number of ether oxygens (including phenoxy) is 1. The van der Waals surface area contributed by atoms with E-state index in [0.29, 0.717) is 22.6 Å². The number of carbonyl (C=O) groups excluding carboxylic acids is 4. The Morgan fingerprint density at radius 2 is 1.18 bits per heavy atom. The fraction of sp³-hybridized carbons (Fsp3) is 0.200. The third kappa shape index (κ3) is 6.56. The van der Waals surface area contributed by atoms with Gasteiger partial charge in [-0.1, -0.05) is 0 Å². The minimum Gasteiger partial charge on any atom is -0.462 e. The first-order valence-corrected chi connectivity index (χ1v) is 8.62. The number of rotatable bonds is 7. The van der Waals surface area contributed by atoms with E-state index in [1.165, 1.54) is 19.1 Å². The molecule has 0 aromatic heterocycles. The van der Waals surface area contributed by atoms with Crippen LogP contribution in [0.5, 0.6) is 0 Å². The zero-order chi connectivity index (χ0) is 20.5. The molecule has 146 valence electrons. The molecule has 28 heavy (non-hydrogen) atoms. The highest BCUT2D eigenvalue weighted by atomic mass is 16.5. The van der Waals surface area contributed by atoms with Crippen molar-refractivity contribution in [2.45, 2.75) is 20.3 Å². The lowest BCUT2D eigenvalue weighted by atomic mass is 10.2. The quantitative estimate of drug-likeness (QED) is 0.503. The van der Waals surface area contributed by atoms with Crippen molar-refractivity contribution >= 4 is 40.8 Å². The van der Waals surface area contributed by atoms with Crippen LogP contribution >= 0.6 is 0 Å². The number of carbonyl (C=O) groups is 4. The summed E-state index contributed by atoms with van der Waals surface area (Å²) >= 11 is 0. The molecule has 3 amide bonds. The van der Waals surface area contributed by atoms with Crippen molar-refractivity contribution in [1.29, 1.82) is 0 Å². The van der Waals surface area contributed by atoms with Crippen LogP contribution in [0.4, 0.5) is 17.1 Å². The van der Waals surface area contributed by atoms with Gasteiger partial charge in [0.25, 0.3) is 0 Å². The lowest BCUT2D eigenvalue weighted by molar-refractivity contribution is -0.123. The van der Waals surface area contributed by atoms with E-state index in [2.05, 4.69) is 16.0 Å². The second-order valence-corrected chi connectivity index (χ2v) is 5.83. The third-order valence-corrected chi connectivity index (χ3v) is 3.49. The Kier molecular flexibility index (Phi) is 7.27. The average Bonchev–Trinajstić information content (AvgIpc) is 2.63.